The molecule has 234 valence electrons. The standard InChI is InChI=1S/C36H56N2O4/c1-26(39)42-23-10-6-4-5-7-14-29(33(40)24-34(41)38-21-19-37(3)20-22-38)31-25-36(2)18-11-15-32(36)30-17-16-27-12-8-9-13-28(27)35(30)31/h12,29-32H,4-11,13-25H2,1-3H3/t29?,30?,31-,32?,36+/m1/s1. The van der Waals surface area contributed by atoms with Crippen LogP contribution in [0.25, 0.3) is 0 Å². The molecule has 5 aliphatic rings. The highest BCUT2D eigenvalue weighted by molar-refractivity contribution is 5.99. The van der Waals surface area contributed by atoms with Crippen LogP contribution < -0.4 is 0 Å². The minimum absolute atomic E-state index is 0.0421. The van der Waals surface area contributed by atoms with Crippen molar-refractivity contribution in [3.63, 3.8) is 0 Å². The van der Waals surface area contributed by atoms with Crippen molar-refractivity contribution in [1.82, 2.24) is 9.80 Å². The Labute approximate surface area is 254 Å². The summed E-state index contributed by atoms with van der Waals surface area (Å²) in [7, 11) is 2.10. The quantitative estimate of drug-likeness (QED) is 0.143. The highest BCUT2D eigenvalue weighted by atomic mass is 16.5. The van der Waals surface area contributed by atoms with E-state index in [4.69, 9.17) is 4.74 Å². The van der Waals surface area contributed by atoms with Crippen LogP contribution in [-0.2, 0) is 19.1 Å². The van der Waals surface area contributed by atoms with Gasteiger partial charge in [0, 0.05) is 39.0 Å². The number of likely N-dealkylation sites (N-methyl/N-ethyl adjacent to an activating group) is 1. The molecule has 0 aromatic heterocycles. The van der Waals surface area contributed by atoms with Crippen LogP contribution >= 0.6 is 0 Å². The van der Waals surface area contributed by atoms with E-state index in [0.29, 0.717) is 23.9 Å². The summed E-state index contributed by atoms with van der Waals surface area (Å²) in [6.07, 6.45) is 19.8. The number of allylic oxidation sites excluding steroid dienone is 4. The van der Waals surface area contributed by atoms with Crippen molar-refractivity contribution in [1.29, 1.82) is 0 Å². The maximum atomic E-state index is 14.3. The van der Waals surface area contributed by atoms with E-state index in [2.05, 4.69) is 24.9 Å². The number of esters is 1. The summed E-state index contributed by atoms with van der Waals surface area (Å²) in [6.45, 7) is 7.73. The second-order valence-electron chi connectivity index (χ2n) is 14.5. The van der Waals surface area contributed by atoms with Crippen LogP contribution in [0.1, 0.15) is 117 Å². The molecule has 0 spiro atoms. The Morgan fingerprint density at radius 3 is 2.55 bits per heavy atom. The Morgan fingerprint density at radius 2 is 1.76 bits per heavy atom. The molecule has 6 nitrogen and oxygen atoms in total. The van der Waals surface area contributed by atoms with Gasteiger partial charge in [-0.2, -0.15) is 0 Å². The molecule has 1 heterocycles. The summed E-state index contributed by atoms with van der Waals surface area (Å²) in [5, 5.41) is 0. The number of fused-ring (bicyclic) bond motifs is 4. The lowest BCUT2D eigenvalue weighted by Crippen LogP contribution is -2.48. The number of Topliss-reactive ketones (excluding diaryl/α,β-unsaturated/α-hetero) is 1. The van der Waals surface area contributed by atoms with Gasteiger partial charge in [-0.3, -0.25) is 14.4 Å². The van der Waals surface area contributed by atoms with Gasteiger partial charge in [-0.05, 0) is 106 Å². The summed E-state index contributed by atoms with van der Waals surface area (Å²) in [5.41, 5.74) is 5.21. The summed E-state index contributed by atoms with van der Waals surface area (Å²) in [4.78, 5) is 43.0. The van der Waals surface area contributed by atoms with Gasteiger partial charge in [0.1, 0.15) is 5.78 Å². The average molecular weight is 581 g/mol. The van der Waals surface area contributed by atoms with Gasteiger partial charge in [-0.25, -0.2) is 0 Å². The number of carbonyl (C=O) groups is 3. The SMILES string of the molecule is CC(=O)OCCCCCCCC(C(=O)CC(=O)N1CCN(C)CC1)[C@H]1C[C@]2(C)CCCC2C2CCC3=CCCCC3=C21. The molecule has 0 aromatic rings. The van der Waals surface area contributed by atoms with Gasteiger partial charge in [-0.15, -0.1) is 0 Å². The number of hydrogen-bond acceptors (Lipinski definition) is 5. The van der Waals surface area contributed by atoms with E-state index in [1.807, 2.05) is 4.90 Å². The molecule has 0 aromatic carbocycles. The van der Waals surface area contributed by atoms with Crippen LogP contribution in [0.3, 0.4) is 0 Å². The Morgan fingerprint density at radius 1 is 1.00 bits per heavy atom. The molecule has 0 N–H and O–H groups in total. The van der Waals surface area contributed by atoms with Crippen molar-refractivity contribution >= 4 is 17.7 Å². The molecule has 42 heavy (non-hydrogen) atoms. The van der Waals surface area contributed by atoms with Gasteiger partial charge in [0.2, 0.25) is 5.91 Å². The predicted octanol–water partition coefficient (Wildman–Crippen LogP) is 6.88. The number of unbranched alkanes of at least 4 members (excludes halogenated alkanes) is 4. The van der Waals surface area contributed by atoms with Crippen LogP contribution in [0, 0.1) is 29.1 Å². The Bertz CT molecular complexity index is 1050. The molecular weight excluding hydrogens is 524 g/mol. The Kier molecular flexibility index (Phi) is 10.7. The molecule has 6 heteroatoms. The molecule has 5 rings (SSSR count). The normalized spacial score (nSPS) is 30.2. The van der Waals surface area contributed by atoms with Crippen molar-refractivity contribution < 1.29 is 19.1 Å². The molecule has 0 bridgehead atoms. The number of ether oxygens (including phenoxy) is 1. The second kappa shape index (κ2) is 14.2. The molecule has 1 saturated heterocycles. The summed E-state index contributed by atoms with van der Waals surface area (Å²) in [5.74, 6) is 1.68. The van der Waals surface area contributed by atoms with Gasteiger partial charge >= 0.3 is 5.97 Å². The van der Waals surface area contributed by atoms with Crippen molar-refractivity contribution in [2.24, 2.45) is 29.1 Å². The molecular formula is C36H56N2O4. The number of piperazine rings is 1. The zero-order valence-electron chi connectivity index (χ0n) is 26.8. The van der Waals surface area contributed by atoms with E-state index in [9.17, 15) is 14.4 Å². The zero-order chi connectivity index (χ0) is 29.7. The molecule has 5 atom stereocenters. The number of carbonyl (C=O) groups excluding carboxylic acids is 3. The Balaban J connectivity index is 1.35. The third-order valence-corrected chi connectivity index (χ3v) is 11.7. The molecule has 1 aliphatic heterocycles. The lowest BCUT2D eigenvalue weighted by atomic mass is 9.52. The minimum Gasteiger partial charge on any atom is -0.466 e. The third kappa shape index (κ3) is 7.22. The van der Waals surface area contributed by atoms with Crippen LogP contribution in [0.4, 0.5) is 0 Å². The largest absolute Gasteiger partial charge is 0.466 e. The van der Waals surface area contributed by atoms with Crippen molar-refractivity contribution in [2.75, 3.05) is 39.8 Å². The van der Waals surface area contributed by atoms with Crippen LogP contribution in [-0.4, -0.2) is 67.3 Å². The van der Waals surface area contributed by atoms with Gasteiger partial charge in [0.15, 0.2) is 0 Å². The van der Waals surface area contributed by atoms with Crippen LogP contribution in [0.2, 0.25) is 0 Å². The lowest BCUT2D eigenvalue weighted by molar-refractivity contribution is -0.141. The van der Waals surface area contributed by atoms with E-state index in [-0.39, 0.29) is 30.0 Å². The topological polar surface area (TPSA) is 66.9 Å². The second-order valence-corrected chi connectivity index (χ2v) is 14.5. The number of nitrogens with zero attached hydrogens (tertiary/aromatic N) is 2. The zero-order valence-corrected chi connectivity index (χ0v) is 26.8. The van der Waals surface area contributed by atoms with E-state index < -0.39 is 0 Å². The first kappa shape index (κ1) is 31.5. The monoisotopic (exact) mass is 580 g/mol. The molecule has 0 radical (unpaired) electrons. The first-order valence-electron chi connectivity index (χ1n) is 17.3. The highest BCUT2D eigenvalue weighted by Gasteiger charge is 2.54. The highest BCUT2D eigenvalue weighted by Crippen LogP contribution is 2.63. The molecule has 3 fully saturated rings. The lowest BCUT2D eigenvalue weighted by Gasteiger charge is -2.52. The fraction of sp³-hybridized carbons (Fsp3) is 0.806. The van der Waals surface area contributed by atoms with Gasteiger partial charge in [-0.1, -0.05) is 50.7 Å². The van der Waals surface area contributed by atoms with Crippen LogP contribution in [0.5, 0.6) is 0 Å². The number of hydrogen-bond donors (Lipinski definition) is 0. The molecule has 2 saturated carbocycles. The third-order valence-electron chi connectivity index (χ3n) is 11.7. The molecule has 4 aliphatic carbocycles. The van der Waals surface area contributed by atoms with Gasteiger partial charge < -0.3 is 14.5 Å². The van der Waals surface area contributed by atoms with Crippen LogP contribution in [0.15, 0.2) is 22.8 Å². The van der Waals surface area contributed by atoms with E-state index in [0.717, 1.165) is 77.0 Å². The summed E-state index contributed by atoms with van der Waals surface area (Å²) in [6, 6.07) is 0. The van der Waals surface area contributed by atoms with Crippen molar-refractivity contribution in [3.05, 3.63) is 22.8 Å². The fourth-order valence-corrected chi connectivity index (χ4v) is 9.45. The van der Waals surface area contributed by atoms with E-state index >= 15 is 0 Å². The molecule has 3 unspecified atom stereocenters. The van der Waals surface area contributed by atoms with Crippen molar-refractivity contribution in [3.8, 4) is 0 Å². The van der Waals surface area contributed by atoms with Gasteiger partial charge in [0.05, 0.1) is 13.0 Å². The van der Waals surface area contributed by atoms with E-state index in [1.165, 1.54) is 58.3 Å². The smallest absolute Gasteiger partial charge is 0.302 e. The molecule has 1 amide bonds. The van der Waals surface area contributed by atoms with E-state index in [1.54, 1.807) is 16.7 Å². The maximum absolute atomic E-state index is 14.3. The summed E-state index contributed by atoms with van der Waals surface area (Å²) >= 11 is 0. The number of ketones is 1. The number of amides is 1. The first-order chi connectivity index (χ1) is 20.3. The summed E-state index contributed by atoms with van der Waals surface area (Å²) < 4.78 is 5.10. The van der Waals surface area contributed by atoms with Gasteiger partial charge in [0.25, 0.3) is 0 Å². The minimum atomic E-state index is -0.208. The van der Waals surface area contributed by atoms with Crippen molar-refractivity contribution in [2.45, 2.75) is 117 Å². The predicted molar refractivity (Wildman–Crippen MR) is 167 cm³/mol. The maximum Gasteiger partial charge on any atom is 0.302 e. The number of rotatable bonds is 12. The first-order valence-corrected chi connectivity index (χ1v) is 17.3. The average Bonchev–Trinajstić information content (AvgIpc) is 3.37. The fourth-order valence-electron chi connectivity index (χ4n) is 9.45. The Hall–Kier alpha value is -1.95.